The molecule has 162 valence electrons. The van der Waals surface area contributed by atoms with Gasteiger partial charge in [-0.25, -0.2) is 4.31 Å². The van der Waals surface area contributed by atoms with Gasteiger partial charge < -0.3 is 0 Å². The first kappa shape index (κ1) is 20.8. The van der Waals surface area contributed by atoms with Crippen LogP contribution < -0.4 is 4.31 Å². The fourth-order valence-electron chi connectivity index (χ4n) is 4.23. The molecule has 0 aliphatic carbocycles. The van der Waals surface area contributed by atoms with E-state index < -0.39 is 28.6 Å². The van der Waals surface area contributed by atoms with E-state index in [1.165, 1.54) is 4.31 Å². The van der Waals surface area contributed by atoms with E-state index in [2.05, 4.69) is 0 Å². The standard InChI is InChI=1S/C24H19ClN2O4S/c1-15(26-23(28)18-11-5-6-12-19(18)24(26)29)21-14-16-8-7-13-20(25)22(16)32(30,31)27(21)17-9-3-2-4-10-17/h2-15,30-31H,1H3. The van der Waals surface area contributed by atoms with E-state index in [1.807, 2.05) is 6.07 Å². The lowest BCUT2D eigenvalue weighted by Gasteiger charge is -2.50. The summed E-state index contributed by atoms with van der Waals surface area (Å²) in [6.07, 6.45) is 1.75. The Hall–Kier alpha value is -3.10. The van der Waals surface area contributed by atoms with E-state index in [4.69, 9.17) is 11.6 Å². The van der Waals surface area contributed by atoms with Gasteiger partial charge in [0.2, 0.25) is 0 Å². The van der Waals surface area contributed by atoms with Gasteiger partial charge in [0.1, 0.15) is 4.90 Å². The normalized spacial score (nSPS) is 18.7. The topological polar surface area (TPSA) is 81.1 Å². The third-order valence-corrected chi connectivity index (χ3v) is 8.06. The third kappa shape index (κ3) is 2.97. The molecule has 2 amide bonds. The van der Waals surface area contributed by atoms with Gasteiger partial charge in [0.05, 0.1) is 33.6 Å². The first-order valence-electron chi connectivity index (χ1n) is 9.93. The summed E-state index contributed by atoms with van der Waals surface area (Å²) in [7, 11) is -3.61. The van der Waals surface area contributed by atoms with Gasteiger partial charge in [-0.15, -0.1) is 0 Å². The first-order chi connectivity index (χ1) is 15.3. The summed E-state index contributed by atoms with van der Waals surface area (Å²) in [5.41, 5.74) is 2.11. The van der Waals surface area contributed by atoms with Crippen molar-refractivity contribution >= 4 is 46.0 Å². The predicted molar refractivity (Wildman–Crippen MR) is 126 cm³/mol. The minimum absolute atomic E-state index is 0.212. The highest BCUT2D eigenvalue weighted by atomic mass is 35.5. The van der Waals surface area contributed by atoms with Crippen LogP contribution >= 0.6 is 22.4 Å². The van der Waals surface area contributed by atoms with Crippen molar-refractivity contribution in [2.75, 3.05) is 4.31 Å². The Kier molecular flexibility index (Phi) is 4.87. The van der Waals surface area contributed by atoms with Crippen LogP contribution in [0.15, 0.2) is 83.4 Å². The molecule has 2 heterocycles. The van der Waals surface area contributed by atoms with Crippen LogP contribution in [0.5, 0.6) is 0 Å². The van der Waals surface area contributed by atoms with Crippen molar-refractivity contribution in [3.8, 4) is 0 Å². The molecule has 0 radical (unpaired) electrons. The third-order valence-electron chi connectivity index (χ3n) is 5.70. The minimum Gasteiger partial charge on any atom is -0.277 e. The van der Waals surface area contributed by atoms with Crippen LogP contribution in [-0.2, 0) is 0 Å². The molecule has 2 N–H and O–H groups in total. The highest BCUT2D eigenvalue weighted by Crippen LogP contribution is 2.62. The molecule has 8 heteroatoms. The van der Waals surface area contributed by atoms with Gasteiger partial charge in [0, 0.05) is 5.56 Å². The zero-order valence-corrected chi connectivity index (χ0v) is 18.5. The van der Waals surface area contributed by atoms with Crippen molar-refractivity contribution < 1.29 is 18.7 Å². The molecule has 0 saturated heterocycles. The van der Waals surface area contributed by atoms with E-state index in [-0.39, 0.29) is 9.92 Å². The van der Waals surface area contributed by atoms with Crippen LogP contribution in [0.1, 0.15) is 33.2 Å². The van der Waals surface area contributed by atoms with Gasteiger partial charge >= 0.3 is 0 Å². The minimum atomic E-state index is -3.61. The van der Waals surface area contributed by atoms with E-state index >= 15 is 0 Å². The van der Waals surface area contributed by atoms with Crippen LogP contribution in [0, 0.1) is 0 Å². The second-order valence-corrected chi connectivity index (χ2v) is 9.80. The van der Waals surface area contributed by atoms with E-state index in [1.54, 1.807) is 79.7 Å². The number of anilines is 1. The maximum atomic E-state index is 13.1. The van der Waals surface area contributed by atoms with Crippen LogP contribution in [0.2, 0.25) is 5.02 Å². The molecular weight excluding hydrogens is 448 g/mol. The van der Waals surface area contributed by atoms with Gasteiger partial charge in [-0.3, -0.25) is 23.6 Å². The molecule has 0 saturated carbocycles. The Labute approximate surface area is 191 Å². The molecule has 0 spiro atoms. The van der Waals surface area contributed by atoms with Crippen molar-refractivity contribution in [2.45, 2.75) is 17.9 Å². The van der Waals surface area contributed by atoms with Crippen molar-refractivity contribution in [3.63, 3.8) is 0 Å². The summed E-state index contributed by atoms with van der Waals surface area (Å²) in [6.45, 7) is 1.70. The van der Waals surface area contributed by atoms with Gasteiger partial charge in [-0.2, -0.15) is 0 Å². The Bertz CT molecular complexity index is 1260. The summed E-state index contributed by atoms with van der Waals surface area (Å²) in [6, 6.07) is 19.8. The summed E-state index contributed by atoms with van der Waals surface area (Å²) in [4.78, 5) is 27.6. The number of carbonyl (C=O) groups is 2. The van der Waals surface area contributed by atoms with E-state index in [0.717, 1.165) is 4.90 Å². The molecule has 1 atom stereocenters. The van der Waals surface area contributed by atoms with Crippen molar-refractivity contribution in [1.82, 2.24) is 4.90 Å². The van der Waals surface area contributed by atoms with Gasteiger partial charge in [-0.1, -0.05) is 64.8 Å². The lowest BCUT2D eigenvalue weighted by molar-refractivity contribution is 0.0618. The molecule has 2 aliphatic rings. The molecule has 0 fully saturated rings. The summed E-state index contributed by atoms with van der Waals surface area (Å²) in [5, 5.41) is 0.229. The van der Waals surface area contributed by atoms with Crippen LogP contribution in [0.4, 0.5) is 5.69 Å². The maximum Gasteiger partial charge on any atom is 0.262 e. The Morgan fingerprint density at radius 2 is 1.44 bits per heavy atom. The maximum absolute atomic E-state index is 13.1. The molecular formula is C24H19ClN2O4S. The van der Waals surface area contributed by atoms with Crippen molar-refractivity contribution in [3.05, 3.63) is 100 Å². The number of imide groups is 1. The number of hydrogen-bond donors (Lipinski definition) is 2. The number of halogens is 1. The molecule has 3 aromatic rings. The monoisotopic (exact) mass is 466 g/mol. The number of fused-ring (bicyclic) bond motifs is 2. The highest BCUT2D eigenvalue weighted by Gasteiger charge is 2.44. The number of para-hydroxylation sites is 1. The number of nitrogens with zero attached hydrogens (tertiary/aromatic N) is 2. The largest absolute Gasteiger partial charge is 0.277 e. The van der Waals surface area contributed by atoms with Crippen molar-refractivity contribution in [2.24, 2.45) is 0 Å². The summed E-state index contributed by atoms with van der Waals surface area (Å²) in [5.74, 6) is -0.833. The van der Waals surface area contributed by atoms with Crippen molar-refractivity contribution in [1.29, 1.82) is 0 Å². The van der Waals surface area contributed by atoms with Crippen LogP contribution in [-0.4, -0.2) is 31.9 Å². The number of carbonyl (C=O) groups excluding carboxylic acids is 2. The fourth-order valence-corrected chi connectivity index (χ4v) is 6.59. The quantitative estimate of drug-likeness (QED) is 0.469. The molecule has 2 aliphatic heterocycles. The first-order valence-corrected chi connectivity index (χ1v) is 11.8. The predicted octanol–water partition coefficient (Wildman–Crippen LogP) is 5.91. The number of amides is 2. The van der Waals surface area contributed by atoms with Gasteiger partial charge in [0.15, 0.2) is 0 Å². The molecule has 0 bridgehead atoms. The Morgan fingerprint density at radius 1 is 0.844 bits per heavy atom. The SMILES string of the molecule is CC(C1=Cc2cccc(Cl)c2S(O)(O)N1c1ccccc1)N1C(=O)c2ccccc2C1=O. The second-order valence-electron chi connectivity index (χ2n) is 7.58. The molecule has 3 aromatic carbocycles. The van der Waals surface area contributed by atoms with Crippen LogP contribution in [0.25, 0.3) is 6.08 Å². The molecule has 6 nitrogen and oxygen atoms in total. The zero-order valence-electron chi connectivity index (χ0n) is 17.0. The van der Waals surface area contributed by atoms with Gasteiger partial charge in [-0.05, 0) is 43.3 Å². The average Bonchev–Trinajstić information content (AvgIpc) is 3.03. The lowest BCUT2D eigenvalue weighted by Crippen LogP contribution is -2.45. The molecule has 32 heavy (non-hydrogen) atoms. The van der Waals surface area contributed by atoms with Crippen LogP contribution in [0.3, 0.4) is 0 Å². The smallest absolute Gasteiger partial charge is 0.262 e. The number of benzene rings is 3. The van der Waals surface area contributed by atoms with E-state index in [0.29, 0.717) is 28.1 Å². The summed E-state index contributed by atoms with van der Waals surface area (Å²) >= 11 is 6.37. The van der Waals surface area contributed by atoms with E-state index in [9.17, 15) is 18.7 Å². The average molecular weight is 467 g/mol. The zero-order chi connectivity index (χ0) is 22.6. The molecule has 0 aromatic heterocycles. The lowest BCUT2D eigenvalue weighted by atomic mass is 10.1. The summed E-state index contributed by atoms with van der Waals surface area (Å²) < 4.78 is 24.3. The fraction of sp³-hybridized carbons (Fsp3) is 0.0833. The number of rotatable bonds is 3. The molecule has 1 unspecified atom stereocenters. The highest BCUT2D eigenvalue weighted by molar-refractivity contribution is 8.25. The second kappa shape index (κ2) is 7.50. The number of hydrogen-bond acceptors (Lipinski definition) is 5. The Balaban J connectivity index is 1.69. The molecule has 5 rings (SSSR count). The van der Waals surface area contributed by atoms with Gasteiger partial charge in [0.25, 0.3) is 11.8 Å². The Morgan fingerprint density at radius 3 is 2.06 bits per heavy atom.